The van der Waals surface area contributed by atoms with Crippen molar-refractivity contribution in [3.8, 4) is 5.75 Å². The van der Waals surface area contributed by atoms with E-state index < -0.39 is 9.05 Å². The zero-order valence-electron chi connectivity index (χ0n) is 5.66. The molecule has 0 radical (unpaired) electrons. The van der Waals surface area contributed by atoms with E-state index in [0.29, 0.717) is 0 Å². The maximum Gasteiger partial charge on any atom is 0.261 e. The summed E-state index contributed by atoms with van der Waals surface area (Å²) in [5.41, 5.74) is 0. The van der Waals surface area contributed by atoms with Crippen molar-refractivity contribution in [1.29, 1.82) is 0 Å². The second-order valence-electron chi connectivity index (χ2n) is 2.08. The number of phenolic OH excluding ortho intramolecular Hbond substituents is 1. The molecule has 12 heavy (non-hydrogen) atoms. The van der Waals surface area contributed by atoms with Gasteiger partial charge in [-0.3, -0.25) is 0 Å². The normalized spacial score (nSPS) is 11.5. The molecule has 0 atom stereocenters. The van der Waals surface area contributed by atoms with E-state index in [0.717, 1.165) is 12.1 Å². The fourth-order valence-electron chi connectivity index (χ4n) is 0.689. The lowest BCUT2D eigenvalue weighted by Gasteiger charge is -1.97. The highest BCUT2D eigenvalue weighted by atomic mass is 35.7. The standard InChI is InChI=1S/C6H4Cl2O3S/c7-4-1-5(9)3-6(2-4)12(8,10)11/h1-3,9H. The molecule has 1 N–H and O–H groups in total. The van der Waals surface area contributed by atoms with Crippen LogP contribution in [-0.4, -0.2) is 13.5 Å². The van der Waals surface area contributed by atoms with Gasteiger partial charge in [0, 0.05) is 15.7 Å². The van der Waals surface area contributed by atoms with Gasteiger partial charge in [-0.25, -0.2) is 8.42 Å². The van der Waals surface area contributed by atoms with Gasteiger partial charge in [0.05, 0.1) is 4.90 Å². The molecule has 0 saturated heterocycles. The van der Waals surface area contributed by atoms with Crippen molar-refractivity contribution in [2.75, 3.05) is 0 Å². The Morgan fingerprint density at radius 3 is 2.25 bits per heavy atom. The second kappa shape index (κ2) is 3.12. The molecule has 0 aliphatic heterocycles. The Kier molecular flexibility index (Phi) is 2.51. The lowest BCUT2D eigenvalue weighted by Crippen LogP contribution is -1.89. The largest absolute Gasteiger partial charge is 0.508 e. The van der Waals surface area contributed by atoms with Gasteiger partial charge in [-0.1, -0.05) is 11.6 Å². The zero-order chi connectivity index (χ0) is 9.35. The van der Waals surface area contributed by atoms with Gasteiger partial charge in [0.2, 0.25) is 0 Å². The van der Waals surface area contributed by atoms with Gasteiger partial charge in [-0.05, 0) is 18.2 Å². The van der Waals surface area contributed by atoms with E-state index in [4.69, 9.17) is 27.4 Å². The molecule has 0 aliphatic carbocycles. The van der Waals surface area contributed by atoms with E-state index in [1.165, 1.54) is 6.07 Å². The molecule has 0 aromatic heterocycles. The molecular weight excluding hydrogens is 223 g/mol. The number of benzene rings is 1. The summed E-state index contributed by atoms with van der Waals surface area (Å²) < 4.78 is 21.5. The van der Waals surface area contributed by atoms with E-state index in [1.54, 1.807) is 0 Å². The minimum atomic E-state index is -3.82. The Labute approximate surface area is 79.0 Å². The van der Waals surface area contributed by atoms with Crippen LogP contribution in [0.5, 0.6) is 5.75 Å². The molecule has 0 heterocycles. The van der Waals surface area contributed by atoms with E-state index in [2.05, 4.69) is 0 Å². The number of rotatable bonds is 1. The molecule has 6 heteroatoms. The van der Waals surface area contributed by atoms with Crippen LogP contribution < -0.4 is 0 Å². The Morgan fingerprint density at radius 2 is 1.83 bits per heavy atom. The Morgan fingerprint density at radius 1 is 1.25 bits per heavy atom. The molecule has 1 aromatic rings. The third-order valence-corrected chi connectivity index (χ3v) is 2.69. The smallest absolute Gasteiger partial charge is 0.261 e. The van der Waals surface area contributed by atoms with Crippen LogP contribution in [0.25, 0.3) is 0 Å². The van der Waals surface area contributed by atoms with Crippen LogP contribution in [0.15, 0.2) is 23.1 Å². The van der Waals surface area contributed by atoms with Crippen molar-refractivity contribution in [3.63, 3.8) is 0 Å². The molecule has 0 fully saturated rings. The first-order chi connectivity index (χ1) is 5.39. The van der Waals surface area contributed by atoms with Gasteiger partial charge in [0.15, 0.2) is 0 Å². The average molecular weight is 227 g/mol. The Bertz CT molecular complexity index is 379. The molecule has 66 valence electrons. The quantitative estimate of drug-likeness (QED) is 0.746. The summed E-state index contributed by atoms with van der Waals surface area (Å²) in [4.78, 5) is -0.214. The van der Waals surface area contributed by atoms with Gasteiger partial charge in [-0.15, -0.1) is 0 Å². The molecule has 3 nitrogen and oxygen atoms in total. The molecule has 0 bridgehead atoms. The van der Waals surface area contributed by atoms with E-state index in [1.807, 2.05) is 0 Å². The molecule has 1 aromatic carbocycles. The summed E-state index contributed by atoms with van der Waals surface area (Å²) in [6, 6.07) is 3.39. The van der Waals surface area contributed by atoms with Gasteiger partial charge >= 0.3 is 0 Å². The maximum atomic E-state index is 10.7. The molecule has 1 rings (SSSR count). The second-order valence-corrected chi connectivity index (χ2v) is 5.09. The summed E-state index contributed by atoms with van der Waals surface area (Å²) in [5, 5.41) is 9.07. The highest BCUT2D eigenvalue weighted by molar-refractivity contribution is 8.13. The summed E-state index contributed by atoms with van der Waals surface area (Å²) in [5.74, 6) is -0.235. The van der Waals surface area contributed by atoms with Gasteiger partial charge in [-0.2, -0.15) is 0 Å². The van der Waals surface area contributed by atoms with Crippen molar-refractivity contribution >= 4 is 31.3 Å². The Balaban J connectivity index is 3.37. The number of phenols is 1. The van der Waals surface area contributed by atoms with E-state index in [9.17, 15) is 8.42 Å². The first kappa shape index (κ1) is 9.64. The van der Waals surface area contributed by atoms with Crippen LogP contribution in [0.4, 0.5) is 0 Å². The monoisotopic (exact) mass is 226 g/mol. The van der Waals surface area contributed by atoms with Crippen molar-refractivity contribution < 1.29 is 13.5 Å². The summed E-state index contributed by atoms with van der Waals surface area (Å²) in [6.45, 7) is 0. The first-order valence-electron chi connectivity index (χ1n) is 2.84. The van der Waals surface area contributed by atoms with Crippen LogP contribution in [0, 0.1) is 0 Å². The number of aromatic hydroxyl groups is 1. The minimum Gasteiger partial charge on any atom is -0.508 e. The minimum absolute atomic E-state index is 0.120. The van der Waals surface area contributed by atoms with Crippen LogP contribution in [0.3, 0.4) is 0 Å². The van der Waals surface area contributed by atoms with E-state index in [-0.39, 0.29) is 15.7 Å². The molecule has 0 saturated carbocycles. The highest BCUT2D eigenvalue weighted by Gasteiger charge is 2.11. The van der Waals surface area contributed by atoms with Gasteiger partial charge < -0.3 is 5.11 Å². The summed E-state index contributed by atoms with van der Waals surface area (Å²) in [7, 11) is 1.18. The fourth-order valence-corrected chi connectivity index (χ4v) is 1.78. The highest BCUT2D eigenvalue weighted by Crippen LogP contribution is 2.24. The fraction of sp³-hybridized carbons (Fsp3) is 0. The predicted molar refractivity (Wildman–Crippen MR) is 46.2 cm³/mol. The van der Waals surface area contributed by atoms with Gasteiger partial charge in [0.25, 0.3) is 9.05 Å². The van der Waals surface area contributed by atoms with Crippen LogP contribution in [-0.2, 0) is 9.05 Å². The number of hydrogen-bond donors (Lipinski definition) is 1. The van der Waals surface area contributed by atoms with Crippen molar-refractivity contribution in [2.45, 2.75) is 4.90 Å². The summed E-state index contributed by atoms with van der Waals surface area (Å²) in [6.07, 6.45) is 0. The van der Waals surface area contributed by atoms with Crippen LogP contribution >= 0.6 is 22.3 Å². The van der Waals surface area contributed by atoms with Crippen LogP contribution in [0.1, 0.15) is 0 Å². The van der Waals surface area contributed by atoms with Crippen molar-refractivity contribution in [2.24, 2.45) is 0 Å². The topological polar surface area (TPSA) is 54.4 Å². The molecule has 0 aliphatic rings. The molecular formula is C6H4Cl2O3S. The first-order valence-corrected chi connectivity index (χ1v) is 5.52. The van der Waals surface area contributed by atoms with Crippen molar-refractivity contribution in [1.82, 2.24) is 0 Å². The number of hydrogen-bond acceptors (Lipinski definition) is 3. The number of halogens is 2. The van der Waals surface area contributed by atoms with Crippen molar-refractivity contribution in [3.05, 3.63) is 23.2 Å². The zero-order valence-corrected chi connectivity index (χ0v) is 7.99. The SMILES string of the molecule is O=S(=O)(Cl)c1cc(O)cc(Cl)c1. The Hall–Kier alpha value is -0.450. The van der Waals surface area contributed by atoms with E-state index >= 15 is 0 Å². The molecule has 0 unspecified atom stereocenters. The lowest BCUT2D eigenvalue weighted by atomic mass is 10.3. The summed E-state index contributed by atoms with van der Waals surface area (Å²) >= 11 is 5.47. The molecule has 0 amide bonds. The molecule has 0 spiro atoms. The third-order valence-electron chi connectivity index (χ3n) is 1.14. The predicted octanol–water partition coefficient (Wildman–Crippen LogP) is 1.97. The maximum absolute atomic E-state index is 10.7. The van der Waals surface area contributed by atoms with Gasteiger partial charge in [0.1, 0.15) is 5.75 Å². The third kappa shape index (κ3) is 2.27. The average Bonchev–Trinajstić information content (AvgIpc) is 1.82. The van der Waals surface area contributed by atoms with Crippen LogP contribution in [0.2, 0.25) is 5.02 Å². The lowest BCUT2D eigenvalue weighted by molar-refractivity contribution is 0.473.